The summed E-state index contributed by atoms with van der Waals surface area (Å²) in [5, 5.41) is 0. The summed E-state index contributed by atoms with van der Waals surface area (Å²) >= 11 is 0. The number of nitrogens with zero attached hydrogens (tertiary/aromatic N) is 1. The van der Waals surface area contributed by atoms with Crippen LogP contribution in [0.5, 0.6) is 0 Å². The van der Waals surface area contributed by atoms with Crippen molar-refractivity contribution in [3.05, 3.63) is 29.3 Å². The molecule has 112 valence electrons. The molecule has 2 N–H and O–H groups in total. The van der Waals surface area contributed by atoms with Gasteiger partial charge in [0.25, 0.3) is 0 Å². The Morgan fingerprint density at radius 2 is 2.10 bits per heavy atom. The lowest BCUT2D eigenvalue weighted by atomic mass is 9.99. The molecule has 1 saturated heterocycles. The van der Waals surface area contributed by atoms with Crippen molar-refractivity contribution in [1.82, 2.24) is 0 Å². The van der Waals surface area contributed by atoms with Crippen molar-refractivity contribution in [1.29, 1.82) is 0 Å². The van der Waals surface area contributed by atoms with E-state index >= 15 is 0 Å². The molecule has 0 spiro atoms. The quantitative estimate of drug-likeness (QED) is 0.897. The van der Waals surface area contributed by atoms with Crippen LogP contribution in [0.1, 0.15) is 57.1 Å². The fourth-order valence-corrected chi connectivity index (χ4v) is 3.22. The summed E-state index contributed by atoms with van der Waals surface area (Å²) in [6, 6.07) is 7.82. The molecule has 0 aromatic heterocycles. The second kappa shape index (κ2) is 7.12. The highest BCUT2D eigenvalue weighted by molar-refractivity contribution is 5.56. The minimum absolute atomic E-state index is 0.276. The van der Waals surface area contributed by atoms with Crippen molar-refractivity contribution in [2.24, 2.45) is 5.73 Å². The van der Waals surface area contributed by atoms with Crippen molar-refractivity contribution in [3.63, 3.8) is 0 Å². The normalized spacial score (nSPS) is 21.6. The number of nitrogens with two attached hydrogens (primary N) is 1. The smallest absolute Gasteiger partial charge is 0.0401 e. The van der Waals surface area contributed by atoms with Gasteiger partial charge in [-0.1, -0.05) is 37.5 Å². The van der Waals surface area contributed by atoms with Gasteiger partial charge in [0.05, 0.1) is 0 Å². The van der Waals surface area contributed by atoms with Crippen LogP contribution in [0.15, 0.2) is 18.2 Å². The zero-order chi connectivity index (χ0) is 14.5. The Labute approximate surface area is 124 Å². The minimum atomic E-state index is 0.276. The van der Waals surface area contributed by atoms with Gasteiger partial charge in [0.2, 0.25) is 0 Å². The maximum Gasteiger partial charge on any atom is 0.0401 e. The zero-order valence-corrected chi connectivity index (χ0v) is 13.4. The Kier molecular flexibility index (Phi) is 5.47. The summed E-state index contributed by atoms with van der Waals surface area (Å²) in [5.74, 6) is 0. The molecule has 0 saturated carbocycles. The molecule has 1 heterocycles. The van der Waals surface area contributed by atoms with Crippen LogP contribution in [0.2, 0.25) is 0 Å². The number of hydrogen-bond donors (Lipinski definition) is 1. The van der Waals surface area contributed by atoms with Crippen LogP contribution >= 0.6 is 0 Å². The van der Waals surface area contributed by atoms with E-state index in [2.05, 4.69) is 43.9 Å². The number of anilines is 1. The predicted octanol–water partition coefficient (Wildman–Crippen LogP) is 4.04. The first kappa shape index (κ1) is 15.4. The first-order chi connectivity index (χ1) is 9.61. The molecule has 0 aliphatic carbocycles. The molecular weight excluding hydrogens is 244 g/mol. The Morgan fingerprint density at radius 1 is 1.30 bits per heavy atom. The fourth-order valence-electron chi connectivity index (χ4n) is 3.22. The van der Waals surface area contributed by atoms with Crippen LogP contribution in [0.25, 0.3) is 0 Å². The summed E-state index contributed by atoms with van der Waals surface area (Å²) < 4.78 is 0. The molecule has 0 amide bonds. The van der Waals surface area contributed by atoms with Gasteiger partial charge in [-0.25, -0.2) is 0 Å². The number of hydrogen-bond acceptors (Lipinski definition) is 2. The summed E-state index contributed by atoms with van der Waals surface area (Å²) in [6.07, 6.45) is 7.41. The van der Waals surface area contributed by atoms with Crippen molar-refractivity contribution < 1.29 is 0 Å². The van der Waals surface area contributed by atoms with E-state index < -0.39 is 0 Å². The third kappa shape index (κ3) is 3.76. The van der Waals surface area contributed by atoms with E-state index in [0.717, 1.165) is 12.8 Å². The van der Waals surface area contributed by atoms with Crippen LogP contribution in [0.3, 0.4) is 0 Å². The molecular formula is C18H30N2. The maximum atomic E-state index is 6.20. The van der Waals surface area contributed by atoms with Crippen LogP contribution in [0, 0.1) is 6.92 Å². The largest absolute Gasteiger partial charge is 0.369 e. The van der Waals surface area contributed by atoms with Crippen LogP contribution < -0.4 is 10.6 Å². The highest BCUT2D eigenvalue weighted by atomic mass is 15.2. The molecule has 2 unspecified atom stereocenters. The Hall–Kier alpha value is -1.02. The van der Waals surface area contributed by atoms with Crippen LogP contribution in [-0.4, -0.2) is 18.6 Å². The molecule has 1 aromatic rings. The lowest BCUT2D eigenvalue weighted by Gasteiger charge is -2.32. The first-order valence-electron chi connectivity index (χ1n) is 8.23. The maximum absolute atomic E-state index is 6.20. The van der Waals surface area contributed by atoms with Crippen LogP contribution in [0.4, 0.5) is 5.69 Å². The second-order valence-electron chi connectivity index (χ2n) is 6.40. The second-order valence-corrected chi connectivity index (χ2v) is 6.40. The molecule has 1 aliphatic rings. The molecule has 2 rings (SSSR count). The average Bonchev–Trinajstić information content (AvgIpc) is 2.64. The monoisotopic (exact) mass is 274 g/mol. The zero-order valence-electron chi connectivity index (χ0n) is 13.4. The Bertz CT molecular complexity index is 427. The van der Waals surface area contributed by atoms with Gasteiger partial charge < -0.3 is 10.6 Å². The Balaban J connectivity index is 2.28. The topological polar surface area (TPSA) is 29.3 Å². The van der Waals surface area contributed by atoms with Gasteiger partial charge in [0.1, 0.15) is 0 Å². The van der Waals surface area contributed by atoms with E-state index in [4.69, 9.17) is 5.73 Å². The van der Waals surface area contributed by atoms with Gasteiger partial charge in [0.15, 0.2) is 0 Å². The van der Waals surface area contributed by atoms with Gasteiger partial charge in [-0.3, -0.25) is 0 Å². The van der Waals surface area contributed by atoms with Crippen molar-refractivity contribution in [2.75, 3.05) is 11.4 Å². The highest BCUT2D eigenvalue weighted by Crippen LogP contribution is 2.29. The molecule has 2 nitrogen and oxygen atoms in total. The van der Waals surface area contributed by atoms with E-state index in [1.165, 1.54) is 49.0 Å². The third-order valence-electron chi connectivity index (χ3n) is 4.60. The summed E-state index contributed by atoms with van der Waals surface area (Å²) in [7, 11) is 0. The number of rotatable bonds is 4. The summed E-state index contributed by atoms with van der Waals surface area (Å²) in [4.78, 5) is 2.62. The van der Waals surface area contributed by atoms with E-state index in [1.807, 2.05) is 0 Å². The molecule has 2 atom stereocenters. The average molecular weight is 274 g/mol. The lowest BCUT2D eigenvalue weighted by Crippen LogP contribution is -2.34. The van der Waals surface area contributed by atoms with Gasteiger partial charge >= 0.3 is 0 Å². The standard InChI is InChI=1S/C18H30N2/c1-4-17(19)13-16-12-14(2)9-10-18(16)20-11-7-5-6-8-15(20)3/h9-10,12,15,17H,4-8,11,13,19H2,1-3H3. The molecule has 20 heavy (non-hydrogen) atoms. The molecule has 1 fully saturated rings. The van der Waals surface area contributed by atoms with Crippen molar-refractivity contribution in [2.45, 2.75) is 71.4 Å². The summed E-state index contributed by atoms with van der Waals surface area (Å²) in [5.41, 5.74) is 10.4. The van der Waals surface area contributed by atoms with Gasteiger partial charge in [-0.05, 0) is 51.2 Å². The highest BCUT2D eigenvalue weighted by Gasteiger charge is 2.20. The molecule has 0 radical (unpaired) electrons. The predicted molar refractivity (Wildman–Crippen MR) is 88.4 cm³/mol. The molecule has 0 bridgehead atoms. The van der Waals surface area contributed by atoms with Crippen molar-refractivity contribution in [3.8, 4) is 0 Å². The number of benzene rings is 1. The molecule has 2 heteroatoms. The fraction of sp³-hybridized carbons (Fsp3) is 0.667. The molecule has 1 aliphatic heterocycles. The van der Waals surface area contributed by atoms with E-state index in [-0.39, 0.29) is 6.04 Å². The van der Waals surface area contributed by atoms with Gasteiger partial charge in [-0.2, -0.15) is 0 Å². The first-order valence-corrected chi connectivity index (χ1v) is 8.23. The lowest BCUT2D eigenvalue weighted by molar-refractivity contribution is 0.607. The van der Waals surface area contributed by atoms with E-state index in [0.29, 0.717) is 6.04 Å². The van der Waals surface area contributed by atoms with E-state index in [9.17, 15) is 0 Å². The number of aryl methyl sites for hydroxylation is 1. The van der Waals surface area contributed by atoms with Crippen LogP contribution in [-0.2, 0) is 6.42 Å². The Morgan fingerprint density at radius 3 is 2.85 bits per heavy atom. The summed E-state index contributed by atoms with van der Waals surface area (Å²) in [6.45, 7) is 7.92. The van der Waals surface area contributed by atoms with Gasteiger partial charge in [0, 0.05) is 24.3 Å². The van der Waals surface area contributed by atoms with E-state index in [1.54, 1.807) is 0 Å². The molecule has 1 aromatic carbocycles. The SMILES string of the molecule is CCC(N)Cc1cc(C)ccc1N1CCCCCC1C. The minimum Gasteiger partial charge on any atom is -0.369 e. The van der Waals surface area contributed by atoms with Gasteiger partial charge in [-0.15, -0.1) is 0 Å². The van der Waals surface area contributed by atoms with Crippen molar-refractivity contribution >= 4 is 5.69 Å². The third-order valence-corrected chi connectivity index (χ3v) is 4.60.